The standard InChI is InChI=1S/C34H28ClFN6O5S2/c35-18-10-11-21-19-48-31-26(30(44)42(31)27(21)32(45)46)37-29(43)25(40-47-20-36)28-38-33(49-41-28)39-34(22-12-4-1-5-13-22,23-14-6-2-7-15-23)24-16-8-3-9-17-24/h1-17,26,31H,18-20H2,(H,37,43)(H,45,46)(H,38,39,41)/t26-,31+/m1/s1. The van der Waals surface area contributed by atoms with Gasteiger partial charge in [0.2, 0.25) is 16.7 Å². The van der Waals surface area contributed by atoms with Crippen molar-refractivity contribution in [1.82, 2.24) is 19.6 Å². The van der Waals surface area contributed by atoms with Crippen LogP contribution in [0.3, 0.4) is 0 Å². The van der Waals surface area contributed by atoms with E-state index in [9.17, 15) is 23.9 Å². The number of β-lactam (4-membered cyclic amide) rings is 1. The van der Waals surface area contributed by atoms with Crippen LogP contribution in [0.4, 0.5) is 9.52 Å². The molecule has 1 aromatic heterocycles. The van der Waals surface area contributed by atoms with Crippen molar-refractivity contribution in [2.24, 2.45) is 5.16 Å². The summed E-state index contributed by atoms with van der Waals surface area (Å²) < 4.78 is 17.5. The summed E-state index contributed by atoms with van der Waals surface area (Å²) in [5.74, 6) is -2.52. The molecule has 4 aromatic rings. The van der Waals surface area contributed by atoms with Gasteiger partial charge in [-0.1, -0.05) is 108 Å². The Kier molecular flexibility index (Phi) is 10.4. The minimum Gasteiger partial charge on any atom is -0.477 e. The molecule has 0 radical (unpaired) electrons. The monoisotopic (exact) mass is 718 g/mol. The number of aromatic nitrogens is 2. The van der Waals surface area contributed by atoms with Gasteiger partial charge in [0.1, 0.15) is 22.7 Å². The number of carboxylic acids is 1. The fraction of sp³-hybridized carbons (Fsp3) is 0.176. The van der Waals surface area contributed by atoms with Crippen molar-refractivity contribution >= 4 is 63.5 Å². The Bertz CT molecular complexity index is 1830. The topological polar surface area (TPSA) is 146 Å². The predicted molar refractivity (Wildman–Crippen MR) is 186 cm³/mol. The Labute approximate surface area is 293 Å². The van der Waals surface area contributed by atoms with Gasteiger partial charge in [0.25, 0.3) is 18.7 Å². The zero-order valence-corrected chi connectivity index (χ0v) is 27.9. The fourth-order valence-electron chi connectivity index (χ4n) is 5.75. The Morgan fingerprint density at radius 2 is 1.63 bits per heavy atom. The van der Waals surface area contributed by atoms with E-state index in [2.05, 4.69) is 30.0 Å². The smallest absolute Gasteiger partial charge is 0.352 e. The summed E-state index contributed by atoms with van der Waals surface area (Å²) in [5.41, 5.74) is 1.57. The maximum atomic E-state index is 13.6. The zero-order valence-electron chi connectivity index (χ0n) is 25.5. The highest BCUT2D eigenvalue weighted by molar-refractivity contribution is 8.00. The molecule has 0 saturated carbocycles. The lowest BCUT2D eigenvalue weighted by Crippen LogP contribution is -2.71. The molecule has 250 valence electrons. The molecule has 3 aromatic carbocycles. The second kappa shape index (κ2) is 15.0. The van der Waals surface area contributed by atoms with E-state index >= 15 is 0 Å². The van der Waals surface area contributed by atoms with Crippen LogP contribution in [0.5, 0.6) is 0 Å². The van der Waals surface area contributed by atoms with E-state index in [4.69, 9.17) is 11.6 Å². The van der Waals surface area contributed by atoms with Gasteiger partial charge in [-0.3, -0.25) is 14.5 Å². The number of halogens is 2. The third-order valence-electron chi connectivity index (χ3n) is 7.87. The first-order valence-corrected chi connectivity index (χ1v) is 17.2. The molecule has 2 amide bonds. The predicted octanol–water partition coefficient (Wildman–Crippen LogP) is 5.12. The third-order valence-corrected chi connectivity index (χ3v) is 9.98. The summed E-state index contributed by atoms with van der Waals surface area (Å²) in [6.07, 6.45) is 3.16. The minimum absolute atomic E-state index is 0.166. The number of benzene rings is 3. The molecular formula is C34H28ClFN6O5S2. The molecule has 0 unspecified atom stereocenters. The van der Waals surface area contributed by atoms with Crippen LogP contribution in [0, 0.1) is 0 Å². The van der Waals surface area contributed by atoms with Crippen LogP contribution in [0.25, 0.3) is 0 Å². The van der Waals surface area contributed by atoms with Gasteiger partial charge < -0.3 is 20.6 Å². The van der Waals surface area contributed by atoms with E-state index < -0.39 is 47.3 Å². The number of nitrogens with one attached hydrogen (secondary N) is 2. The number of alkyl halides is 2. The van der Waals surface area contributed by atoms with Crippen molar-refractivity contribution < 1.29 is 28.7 Å². The molecule has 1 saturated heterocycles. The number of hydrogen-bond donors (Lipinski definition) is 3. The number of amides is 2. The molecule has 0 bridgehead atoms. The van der Waals surface area contributed by atoms with Crippen LogP contribution in [0.15, 0.2) is 120 Å². The highest BCUT2D eigenvalue weighted by atomic mass is 35.5. The van der Waals surface area contributed by atoms with E-state index in [1.165, 1.54) is 11.8 Å². The average Bonchev–Trinajstić information content (AvgIpc) is 3.60. The number of carbonyl (C=O) groups excluding carboxylic acids is 2. The SMILES string of the molecule is O=C(O)C1=C(C=CCCl)CS[C@H]2[C@H](NC(=O)C(=NOCF)c3nsc(NC(c4ccccc4)(c4ccccc4)c4ccccc4)n3)C(=O)N12. The quantitative estimate of drug-likeness (QED) is 0.0564. The molecule has 0 aliphatic carbocycles. The summed E-state index contributed by atoms with van der Waals surface area (Å²) in [5, 5.41) is 19.3. The maximum absolute atomic E-state index is 13.6. The number of anilines is 1. The number of thioether (sulfide) groups is 1. The van der Waals surface area contributed by atoms with Crippen LogP contribution in [-0.4, -0.2) is 72.8 Å². The number of fused-ring (bicyclic) bond motifs is 1. The number of rotatable bonds is 13. The van der Waals surface area contributed by atoms with E-state index in [0.717, 1.165) is 33.1 Å². The molecule has 11 nitrogen and oxygen atoms in total. The van der Waals surface area contributed by atoms with Crippen molar-refractivity contribution in [3.8, 4) is 0 Å². The first-order valence-electron chi connectivity index (χ1n) is 14.9. The lowest BCUT2D eigenvalue weighted by Gasteiger charge is -2.49. The lowest BCUT2D eigenvalue weighted by molar-refractivity contribution is -0.150. The van der Waals surface area contributed by atoms with Crippen LogP contribution in [0.1, 0.15) is 22.5 Å². The number of hydrogen-bond acceptors (Lipinski definition) is 10. The van der Waals surface area contributed by atoms with Gasteiger partial charge in [0, 0.05) is 23.2 Å². The van der Waals surface area contributed by atoms with Crippen molar-refractivity contribution in [3.05, 3.63) is 137 Å². The van der Waals surface area contributed by atoms with E-state index in [1.54, 1.807) is 12.2 Å². The maximum Gasteiger partial charge on any atom is 0.352 e. The first-order chi connectivity index (χ1) is 23.9. The summed E-state index contributed by atoms with van der Waals surface area (Å²) in [6.45, 7) is -1.33. The van der Waals surface area contributed by atoms with Crippen LogP contribution < -0.4 is 10.6 Å². The Morgan fingerprint density at radius 3 is 2.16 bits per heavy atom. The Balaban J connectivity index is 1.30. The second-order valence-electron chi connectivity index (χ2n) is 10.7. The number of carbonyl (C=O) groups is 3. The van der Waals surface area contributed by atoms with Gasteiger partial charge in [-0.15, -0.1) is 23.4 Å². The molecule has 3 heterocycles. The van der Waals surface area contributed by atoms with Gasteiger partial charge in [-0.05, 0) is 22.3 Å². The second-order valence-corrected chi connectivity index (χ2v) is 12.8. The molecule has 2 atom stereocenters. The summed E-state index contributed by atoms with van der Waals surface area (Å²) >= 11 is 7.96. The molecule has 6 rings (SSSR count). The number of nitrogens with zero attached hydrogens (tertiary/aromatic N) is 4. The number of oxime groups is 1. The van der Waals surface area contributed by atoms with Crippen molar-refractivity contribution in [3.63, 3.8) is 0 Å². The lowest BCUT2D eigenvalue weighted by atomic mass is 9.77. The number of aliphatic carboxylic acids is 1. The van der Waals surface area contributed by atoms with Crippen molar-refractivity contribution in [2.75, 3.05) is 23.8 Å². The fourth-order valence-corrected chi connectivity index (χ4v) is 7.79. The van der Waals surface area contributed by atoms with Crippen molar-refractivity contribution in [1.29, 1.82) is 0 Å². The van der Waals surface area contributed by atoms with Gasteiger partial charge in [-0.25, -0.2) is 9.18 Å². The first kappa shape index (κ1) is 33.8. The van der Waals surface area contributed by atoms with Crippen LogP contribution in [0.2, 0.25) is 0 Å². The highest BCUT2D eigenvalue weighted by Crippen LogP contribution is 2.42. The summed E-state index contributed by atoms with van der Waals surface area (Å²) in [4.78, 5) is 49.1. The number of carboxylic acid groups (broad SMARTS) is 1. The Morgan fingerprint density at radius 1 is 1.04 bits per heavy atom. The zero-order chi connectivity index (χ0) is 34.4. The van der Waals surface area contributed by atoms with Gasteiger partial charge in [0.05, 0.1) is 0 Å². The Hall–Kier alpha value is -5.05. The van der Waals surface area contributed by atoms with Crippen molar-refractivity contribution in [2.45, 2.75) is 17.0 Å². The summed E-state index contributed by atoms with van der Waals surface area (Å²) in [6, 6.07) is 28.3. The molecule has 0 spiro atoms. The van der Waals surface area contributed by atoms with Gasteiger partial charge in [0.15, 0.2) is 0 Å². The average molecular weight is 719 g/mol. The van der Waals surface area contributed by atoms with E-state index in [0.29, 0.717) is 10.7 Å². The normalized spacial score (nSPS) is 17.8. The third kappa shape index (κ3) is 6.67. The van der Waals surface area contributed by atoms with E-state index in [-0.39, 0.29) is 23.2 Å². The molecule has 3 N–H and O–H groups in total. The molecule has 2 aliphatic heterocycles. The van der Waals surface area contributed by atoms with Crippen LogP contribution >= 0.6 is 34.9 Å². The molecular weight excluding hydrogens is 691 g/mol. The van der Waals surface area contributed by atoms with E-state index in [1.807, 2.05) is 91.0 Å². The minimum atomic E-state index is -1.33. The van der Waals surface area contributed by atoms with Gasteiger partial charge >= 0.3 is 5.97 Å². The molecule has 2 aliphatic rings. The highest BCUT2D eigenvalue weighted by Gasteiger charge is 2.54. The summed E-state index contributed by atoms with van der Waals surface area (Å²) in [7, 11) is 0. The number of allylic oxidation sites excluding steroid dienone is 2. The molecule has 1 fully saturated rings. The van der Waals surface area contributed by atoms with Crippen LogP contribution in [-0.2, 0) is 24.8 Å². The molecule has 15 heteroatoms. The molecule has 49 heavy (non-hydrogen) atoms. The largest absolute Gasteiger partial charge is 0.477 e. The van der Waals surface area contributed by atoms with Gasteiger partial charge in [-0.2, -0.15) is 9.36 Å².